The highest BCUT2D eigenvalue weighted by molar-refractivity contribution is 7.80. The third kappa shape index (κ3) is 5.58. The van der Waals surface area contributed by atoms with Crippen molar-refractivity contribution in [3.8, 4) is 0 Å². The van der Waals surface area contributed by atoms with Crippen LogP contribution in [0.2, 0.25) is 6.04 Å². The molecule has 0 aliphatic rings. The number of alkyl halides is 2. The number of rotatable bonds is 4. The van der Waals surface area contributed by atoms with Crippen LogP contribution in [0.4, 0.5) is 0 Å². The van der Waals surface area contributed by atoms with Crippen molar-refractivity contribution in [3.05, 3.63) is 0 Å². The van der Waals surface area contributed by atoms with Crippen molar-refractivity contribution in [1.82, 2.24) is 0 Å². The molecule has 0 amide bonds. The molecule has 0 aliphatic heterocycles. The van der Waals surface area contributed by atoms with Gasteiger partial charge < -0.3 is 0 Å². The summed E-state index contributed by atoms with van der Waals surface area (Å²) in [4.78, 5) is 0. The van der Waals surface area contributed by atoms with Gasteiger partial charge in [0, 0.05) is 0 Å². The van der Waals surface area contributed by atoms with Gasteiger partial charge in [0.25, 0.3) is 0 Å². The third-order valence-corrected chi connectivity index (χ3v) is 4.41. The fraction of sp³-hybridized carbons (Fsp3) is 1.00. The first-order valence-electron chi connectivity index (χ1n) is 3.11. The maximum atomic E-state index is 5.91. The van der Waals surface area contributed by atoms with Gasteiger partial charge in [0.1, 0.15) is 3.96 Å². The maximum Gasteiger partial charge on any atom is 0.101 e. The molecule has 0 fully saturated rings. The zero-order chi connectivity index (χ0) is 7.33. The summed E-state index contributed by atoms with van der Waals surface area (Å²) < 4.78 is -0.392. The van der Waals surface area contributed by atoms with Crippen molar-refractivity contribution in [2.45, 2.75) is 23.3 Å². The summed E-state index contributed by atoms with van der Waals surface area (Å²) in [5, 5.41) is 0. The highest BCUT2D eigenvalue weighted by Crippen LogP contribution is 2.24. The molecule has 0 spiro atoms. The Bertz CT molecular complexity index is 69.4. The Labute approximate surface area is 74.5 Å². The maximum absolute atomic E-state index is 5.91. The van der Waals surface area contributed by atoms with E-state index in [-0.39, 0.29) is 9.52 Å². The normalized spacial score (nSPS) is 13.3. The number of thiol groups is 1. The molecule has 0 unspecified atom stereocenters. The Balaban J connectivity index is 3.43. The Morgan fingerprint density at radius 3 is 2.44 bits per heavy atom. The van der Waals surface area contributed by atoms with E-state index in [1.165, 1.54) is 6.04 Å². The first kappa shape index (κ1) is 10.1. The van der Waals surface area contributed by atoms with E-state index in [4.69, 9.17) is 23.2 Å². The van der Waals surface area contributed by atoms with Gasteiger partial charge in [-0.3, -0.25) is 0 Å². The Morgan fingerprint density at radius 1 is 1.56 bits per heavy atom. The van der Waals surface area contributed by atoms with Crippen molar-refractivity contribution in [1.29, 1.82) is 0 Å². The van der Waals surface area contributed by atoms with E-state index in [0.29, 0.717) is 0 Å². The lowest BCUT2D eigenvalue weighted by atomic mass is 10.5. The van der Waals surface area contributed by atoms with Gasteiger partial charge in [0.05, 0.1) is 9.52 Å². The van der Waals surface area contributed by atoms with Gasteiger partial charge in [-0.25, -0.2) is 0 Å². The third-order valence-electron chi connectivity index (χ3n) is 1.09. The molecule has 9 heavy (non-hydrogen) atoms. The summed E-state index contributed by atoms with van der Waals surface area (Å²) in [6.45, 7) is 2.13. The number of hydrogen-bond acceptors (Lipinski definition) is 1. The summed E-state index contributed by atoms with van der Waals surface area (Å²) >= 11 is 15.9. The van der Waals surface area contributed by atoms with Gasteiger partial charge in [0.2, 0.25) is 0 Å². The van der Waals surface area contributed by atoms with Crippen LogP contribution in [0.3, 0.4) is 0 Å². The van der Waals surface area contributed by atoms with Gasteiger partial charge in [-0.2, -0.15) is 12.6 Å². The first-order chi connectivity index (χ1) is 4.12. The zero-order valence-electron chi connectivity index (χ0n) is 5.53. The molecule has 4 heteroatoms. The summed E-state index contributed by atoms with van der Waals surface area (Å²) in [6.07, 6.45) is 0.833. The molecule has 0 saturated heterocycles. The molecular weight excluding hydrogens is 191 g/mol. The summed E-state index contributed by atoms with van der Waals surface area (Å²) in [5.41, 5.74) is 0. The lowest BCUT2D eigenvalue weighted by Crippen LogP contribution is -2.21. The molecule has 0 rings (SSSR count). The minimum Gasteiger partial charge on any atom is -0.179 e. The monoisotopic (exact) mass is 202 g/mol. The van der Waals surface area contributed by atoms with Crippen molar-refractivity contribution in [2.75, 3.05) is 5.75 Å². The quantitative estimate of drug-likeness (QED) is 0.403. The fourth-order valence-electron chi connectivity index (χ4n) is 0.654. The van der Waals surface area contributed by atoms with Crippen molar-refractivity contribution in [3.63, 3.8) is 0 Å². The average Bonchev–Trinajstić information content (AvgIpc) is 1.64. The molecule has 0 nitrogen and oxygen atoms in total. The van der Waals surface area contributed by atoms with Crippen LogP contribution in [0.1, 0.15) is 13.3 Å². The summed E-state index contributed by atoms with van der Waals surface area (Å²) in [5.74, 6) is 0.792. The molecule has 0 aromatic heterocycles. The molecule has 0 aliphatic carbocycles. The van der Waals surface area contributed by atoms with Crippen LogP contribution in [0, 0.1) is 0 Å². The van der Waals surface area contributed by atoms with Crippen LogP contribution in [0.25, 0.3) is 0 Å². The first-order valence-corrected chi connectivity index (χ1v) is 6.20. The van der Waals surface area contributed by atoms with E-state index < -0.39 is 3.96 Å². The molecule has 0 aromatic rings. The topological polar surface area (TPSA) is 0 Å². The molecule has 0 bridgehead atoms. The highest BCUT2D eigenvalue weighted by Gasteiger charge is 2.20. The predicted octanol–water partition coefficient (Wildman–Crippen LogP) is 2.04. The van der Waals surface area contributed by atoms with Crippen molar-refractivity contribution >= 4 is 45.4 Å². The second-order valence-corrected chi connectivity index (χ2v) is 7.77. The molecule has 0 heterocycles. The van der Waals surface area contributed by atoms with Crippen LogP contribution < -0.4 is 0 Å². The smallest absolute Gasteiger partial charge is 0.101 e. The van der Waals surface area contributed by atoms with Gasteiger partial charge in [-0.1, -0.05) is 13.0 Å². The van der Waals surface area contributed by atoms with Gasteiger partial charge in [-0.15, -0.1) is 23.2 Å². The molecule has 0 radical (unpaired) electrons. The SMILES string of the molecule is CC[SiH2]C(Cl)(Cl)CCS. The standard InChI is InChI=1S/C5H12Cl2SSi/c1-2-9-5(6,7)3-4-8/h8H,2-4,9H2,1H3. The van der Waals surface area contributed by atoms with Gasteiger partial charge in [0.15, 0.2) is 0 Å². The van der Waals surface area contributed by atoms with Crippen LogP contribution in [0.5, 0.6) is 0 Å². The Hall–Kier alpha value is 1.15. The molecule has 56 valence electrons. The van der Waals surface area contributed by atoms with Crippen molar-refractivity contribution < 1.29 is 0 Å². The largest absolute Gasteiger partial charge is 0.179 e. The van der Waals surface area contributed by atoms with E-state index in [9.17, 15) is 0 Å². The minimum absolute atomic E-state index is 0.279. The fourth-order valence-corrected chi connectivity index (χ4v) is 4.08. The second kappa shape index (κ2) is 4.89. The highest BCUT2D eigenvalue weighted by atomic mass is 35.5. The second-order valence-electron chi connectivity index (χ2n) is 2.08. The molecular formula is C5H12Cl2SSi. The molecule has 0 saturated carbocycles. The number of halogens is 2. The van der Waals surface area contributed by atoms with Gasteiger partial charge in [-0.05, 0) is 12.2 Å². The van der Waals surface area contributed by atoms with Gasteiger partial charge >= 0.3 is 0 Å². The minimum atomic E-state index is -0.392. The molecule has 0 aromatic carbocycles. The van der Waals surface area contributed by atoms with Crippen molar-refractivity contribution in [2.24, 2.45) is 0 Å². The van der Waals surface area contributed by atoms with E-state index in [1.54, 1.807) is 0 Å². The molecule has 0 atom stereocenters. The number of hydrogen-bond donors (Lipinski definition) is 1. The molecule has 0 N–H and O–H groups in total. The predicted molar refractivity (Wildman–Crippen MR) is 51.9 cm³/mol. The summed E-state index contributed by atoms with van der Waals surface area (Å²) in [7, 11) is -0.279. The van der Waals surface area contributed by atoms with Crippen LogP contribution in [-0.2, 0) is 0 Å². The van der Waals surface area contributed by atoms with E-state index in [0.717, 1.165) is 12.2 Å². The van der Waals surface area contributed by atoms with E-state index >= 15 is 0 Å². The Kier molecular flexibility index (Phi) is 5.51. The van der Waals surface area contributed by atoms with E-state index in [1.807, 2.05) is 0 Å². The zero-order valence-corrected chi connectivity index (χ0v) is 9.35. The van der Waals surface area contributed by atoms with Crippen LogP contribution in [-0.4, -0.2) is 19.2 Å². The van der Waals surface area contributed by atoms with Crippen LogP contribution >= 0.6 is 35.8 Å². The van der Waals surface area contributed by atoms with Crippen LogP contribution in [0.15, 0.2) is 0 Å². The summed E-state index contributed by atoms with van der Waals surface area (Å²) in [6, 6.07) is 1.17. The lowest BCUT2D eigenvalue weighted by Gasteiger charge is -2.15. The average molecular weight is 203 g/mol. The Morgan fingerprint density at radius 2 is 2.11 bits per heavy atom. The van der Waals surface area contributed by atoms with E-state index in [2.05, 4.69) is 19.6 Å². The lowest BCUT2D eigenvalue weighted by molar-refractivity contribution is 0.973.